The van der Waals surface area contributed by atoms with E-state index in [0.717, 1.165) is 24.4 Å². The Morgan fingerprint density at radius 3 is 2.62 bits per heavy atom. The van der Waals surface area contributed by atoms with Crippen molar-refractivity contribution in [1.29, 1.82) is 0 Å². The summed E-state index contributed by atoms with van der Waals surface area (Å²) in [7, 11) is 0. The molecule has 5 heteroatoms. The van der Waals surface area contributed by atoms with Crippen molar-refractivity contribution in [1.82, 2.24) is 9.97 Å². The van der Waals surface area contributed by atoms with Crippen molar-refractivity contribution in [2.75, 3.05) is 4.90 Å². The number of anilines is 1. The average molecular weight is 323 g/mol. The Kier molecular flexibility index (Phi) is 3.61. The number of hydrogen-bond donors (Lipinski definition) is 0. The summed E-state index contributed by atoms with van der Waals surface area (Å²) in [6.45, 7) is 4.46. The normalized spacial score (nSPS) is 24.6. The summed E-state index contributed by atoms with van der Waals surface area (Å²) < 4.78 is 5.96. The molecular formula is C19H21N3O2. The third-order valence-electron chi connectivity index (χ3n) is 5.02. The zero-order valence-corrected chi connectivity index (χ0v) is 14.0. The van der Waals surface area contributed by atoms with Crippen molar-refractivity contribution in [3.05, 3.63) is 54.0 Å². The summed E-state index contributed by atoms with van der Waals surface area (Å²) >= 11 is 0. The Labute approximate surface area is 141 Å². The van der Waals surface area contributed by atoms with Gasteiger partial charge in [-0.05, 0) is 32.3 Å². The van der Waals surface area contributed by atoms with E-state index in [4.69, 9.17) is 4.74 Å². The van der Waals surface area contributed by atoms with Gasteiger partial charge in [0.05, 0.1) is 23.8 Å². The number of amides is 1. The minimum absolute atomic E-state index is 0.0928. The lowest BCUT2D eigenvalue weighted by Gasteiger charge is -2.41. The molecule has 0 atom stereocenters. The Morgan fingerprint density at radius 1 is 1.17 bits per heavy atom. The molecule has 1 amide bonds. The molecule has 0 bridgehead atoms. The Morgan fingerprint density at radius 2 is 1.88 bits per heavy atom. The number of fused-ring (bicyclic) bond motifs is 1. The van der Waals surface area contributed by atoms with Crippen molar-refractivity contribution in [2.24, 2.45) is 0 Å². The van der Waals surface area contributed by atoms with Crippen molar-refractivity contribution in [2.45, 2.75) is 50.9 Å². The first-order valence-corrected chi connectivity index (χ1v) is 8.38. The van der Waals surface area contributed by atoms with E-state index < -0.39 is 5.41 Å². The SMILES string of the molecule is CC1(C)C(=O)N([C@H]2C[C@H](OCc3ccccc3)C2)c2nccnc21. The predicted octanol–water partition coefficient (Wildman–Crippen LogP) is 2.85. The lowest BCUT2D eigenvalue weighted by molar-refractivity contribution is -0.124. The number of rotatable bonds is 4. The van der Waals surface area contributed by atoms with E-state index in [2.05, 4.69) is 22.1 Å². The van der Waals surface area contributed by atoms with Gasteiger partial charge in [0, 0.05) is 18.4 Å². The molecule has 24 heavy (non-hydrogen) atoms. The largest absolute Gasteiger partial charge is 0.373 e. The van der Waals surface area contributed by atoms with E-state index in [1.165, 1.54) is 5.56 Å². The summed E-state index contributed by atoms with van der Waals surface area (Å²) in [4.78, 5) is 23.4. The molecule has 1 fully saturated rings. The maximum Gasteiger partial charge on any atom is 0.240 e. The standard InChI is InChI=1S/C19H21N3O2/c1-19(2)16-17(21-9-8-20-16)22(18(19)23)14-10-15(11-14)24-12-13-6-4-3-5-7-13/h3-9,14-15H,10-12H2,1-2H3/t14-,15-. The van der Waals surface area contributed by atoms with Gasteiger partial charge in [0.2, 0.25) is 5.91 Å². The predicted molar refractivity (Wildman–Crippen MR) is 90.6 cm³/mol. The van der Waals surface area contributed by atoms with Gasteiger partial charge in [-0.3, -0.25) is 14.7 Å². The van der Waals surface area contributed by atoms with Crippen LogP contribution in [0.3, 0.4) is 0 Å². The number of hydrogen-bond acceptors (Lipinski definition) is 4. The van der Waals surface area contributed by atoms with Gasteiger partial charge in [-0.1, -0.05) is 30.3 Å². The first kappa shape index (κ1) is 15.3. The number of carbonyl (C=O) groups excluding carboxylic acids is 1. The van der Waals surface area contributed by atoms with Crippen LogP contribution in [0.25, 0.3) is 0 Å². The molecule has 1 aliphatic carbocycles. The highest BCUT2D eigenvalue weighted by Crippen LogP contribution is 2.43. The van der Waals surface area contributed by atoms with Gasteiger partial charge in [0.25, 0.3) is 0 Å². The van der Waals surface area contributed by atoms with Gasteiger partial charge in [-0.25, -0.2) is 4.98 Å². The van der Waals surface area contributed by atoms with E-state index in [-0.39, 0.29) is 18.1 Å². The zero-order chi connectivity index (χ0) is 16.7. The summed E-state index contributed by atoms with van der Waals surface area (Å²) in [5.41, 5.74) is 1.36. The highest BCUT2D eigenvalue weighted by atomic mass is 16.5. The molecule has 4 rings (SSSR count). The van der Waals surface area contributed by atoms with Gasteiger partial charge in [-0.15, -0.1) is 0 Å². The van der Waals surface area contributed by atoms with E-state index >= 15 is 0 Å². The number of nitrogens with zero attached hydrogens (tertiary/aromatic N) is 3. The molecule has 124 valence electrons. The average Bonchev–Trinajstić information content (AvgIpc) is 2.76. The number of aromatic nitrogens is 2. The fraction of sp³-hybridized carbons (Fsp3) is 0.421. The van der Waals surface area contributed by atoms with E-state index in [9.17, 15) is 4.79 Å². The smallest absolute Gasteiger partial charge is 0.240 e. The van der Waals surface area contributed by atoms with E-state index in [0.29, 0.717) is 6.61 Å². The Bertz CT molecular complexity index is 754. The highest BCUT2D eigenvalue weighted by Gasteiger charge is 2.51. The minimum Gasteiger partial charge on any atom is -0.373 e. The van der Waals surface area contributed by atoms with Crippen LogP contribution >= 0.6 is 0 Å². The molecule has 5 nitrogen and oxygen atoms in total. The second kappa shape index (κ2) is 5.67. The van der Waals surface area contributed by atoms with Crippen LogP contribution in [0.2, 0.25) is 0 Å². The van der Waals surface area contributed by atoms with Crippen molar-refractivity contribution < 1.29 is 9.53 Å². The molecule has 1 aliphatic heterocycles. The molecule has 1 aromatic heterocycles. The van der Waals surface area contributed by atoms with E-state index in [1.54, 1.807) is 12.4 Å². The molecule has 0 unspecified atom stereocenters. The van der Waals surface area contributed by atoms with Crippen molar-refractivity contribution >= 4 is 11.7 Å². The summed E-state index contributed by atoms with van der Waals surface area (Å²) in [5, 5.41) is 0. The van der Waals surface area contributed by atoms with Crippen LogP contribution in [-0.4, -0.2) is 28.0 Å². The van der Waals surface area contributed by atoms with Crippen LogP contribution in [0, 0.1) is 0 Å². The topological polar surface area (TPSA) is 55.3 Å². The fourth-order valence-electron chi connectivity index (χ4n) is 3.46. The molecule has 0 radical (unpaired) electrons. The lowest BCUT2D eigenvalue weighted by Crippen LogP contribution is -2.52. The van der Waals surface area contributed by atoms with Gasteiger partial charge >= 0.3 is 0 Å². The molecule has 0 N–H and O–H groups in total. The number of ether oxygens (including phenoxy) is 1. The monoisotopic (exact) mass is 323 g/mol. The minimum atomic E-state index is -0.598. The third kappa shape index (κ3) is 2.40. The quantitative estimate of drug-likeness (QED) is 0.868. The first-order valence-electron chi connectivity index (χ1n) is 8.38. The Balaban J connectivity index is 1.41. The molecular weight excluding hydrogens is 302 g/mol. The summed E-state index contributed by atoms with van der Waals surface area (Å²) in [6.07, 6.45) is 5.22. The first-order chi connectivity index (χ1) is 11.6. The molecule has 1 aromatic carbocycles. The van der Waals surface area contributed by atoms with Crippen LogP contribution in [-0.2, 0) is 21.6 Å². The third-order valence-corrected chi connectivity index (χ3v) is 5.02. The molecule has 1 saturated carbocycles. The fourth-order valence-corrected chi connectivity index (χ4v) is 3.46. The molecule has 0 saturated heterocycles. The van der Waals surface area contributed by atoms with Crippen molar-refractivity contribution in [3.8, 4) is 0 Å². The van der Waals surface area contributed by atoms with Crippen LogP contribution in [0.5, 0.6) is 0 Å². The van der Waals surface area contributed by atoms with Crippen LogP contribution < -0.4 is 4.90 Å². The van der Waals surface area contributed by atoms with Gasteiger partial charge in [0.15, 0.2) is 5.82 Å². The van der Waals surface area contributed by atoms with Gasteiger partial charge < -0.3 is 4.74 Å². The molecule has 2 heterocycles. The Hall–Kier alpha value is -2.27. The lowest BCUT2D eigenvalue weighted by atomic mass is 9.86. The van der Waals surface area contributed by atoms with Gasteiger partial charge in [0.1, 0.15) is 0 Å². The van der Waals surface area contributed by atoms with Crippen LogP contribution in [0.1, 0.15) is 37.9 Å². The summed E-state index contributed by atoms with van der Waals surface area (Å²) in [6, 6.07) is 10.3. The van der Waals surface area contributed by atoms with Crippen LogP contribution in [0.4, 0.5) is 5.82 Å². The second-order valence-corrected chi connectivity index (χ2v) is 7.07. The van der Waals surface area contributed by atoms with Gasteiger partial charge in [-0.2, -0.15) is 0 Å². The van der Waals surface area contributed by atoms with E-state index in [1.807, 2.05) is 36.9 Å². The summed E-state index contributed by atoms with van der Waals surface area (Å²) in [5.74, 6) is 0.814. The molecule has 2 aromatic rings. The number of carbonyl (C=O) groups is 1. The zero-order valence-electron chi connectivity index (χ0n) is 14.0. The number of benzene rings is 1. The molecule has 2 aliphatic rings. The molecule has 0 spiro atoms. The highest BCUT2D eigenvalue weighted by molar-refractivity contribution is 6.06. The second-order valence-electron chi connectivity index (χ2n) is 7.07. The van der Waals surface area contributed by atoms with Crippen LogP contribution in [0.15, 0.2) is 42.7 Å². The maximum atomic E-state index is 12.8. The van der Waals surface area contributed by atoms with Crippen molar-refractivity contribution in [3.63, 3.8) is 0 Å². The maximum absolute atomic E-state index is 12.8.